The van der Waals surface area contributed by atoms with Gasteiger partial charge in [-0.25, -0.2) is 0 Å². The van der Waals surface area contributed by atoms with Crippen molar-refractivity contribution in [1.82, 2.24) is 9.80 Å². The number of carboxylic acid groups (broad SMARTS) is 1. The number of aliphatic carboxylic acids is 1. The number of amides is 2. The van der Waals surface area contributed by atoms with E-state index in [0.29, 0.717) is 59.1 Å². The van der Waals surface area contributed by atoms with Crippen LogP contribution in [0.4, 0.5) is 0 Å². The molecule has 2 saturated heterocycles. The maximum Gasteiger partial charge on any atom is 0.309 e. The lowest BCUT2D eigenvalue weighted by Gasteiger charge is -2.34. The van der Waals surface area contributed by atoms with Crippen LogP contribution in [0.5, 0.6) is 0 Å². The van der Waals surface area contributed by atoms with E-state index in [0.717, 1.165) is 23.5 Å². The van der Waals surface area contributed by atoms with Crippen LogP contribution in [0.25, 0.3) is 0 Å². The molecule has 0 radical (unpaired) electrons. The summed E-state index contributed by atoms with van der Waals surface area (Å²) >= 11 is 7.89. The number of hydrogen-bond acceptors (Lipinski definition) is 16. The minimum Gasteiger partial charge on any atom is -0.481 e. The minimum atomic E-state index is -1.33. The summed E-state index contributed by atoms with van der Waals surface area (Å²) in [6, 6.07) is 0. The highest BCUT2D eigenvalue weighted by molar-refractivity contribution is 8.47. The van der Waals surface area contributed by atoms with Crippen molar-refractivity contribution in [1.29, 1.82) is 0 Å². The van der Waals surface area contributed by atoms with Gasteiger partial charge in [-0.3, -0.25) is 28.8 Å². The van der Waals surface area contributed by atoms with E-state index >= 15 is 0 Å². The third kappa shape index (κ3) is 16.7. The van der Waals surface area contributed by atoms with Gasteiger partial charge in [-0.15, -0.1) is 0 Å². The van der Waals surface area contributed by atoms with Crippen LogP contribution in [0.15, 0.2) is 0 Å². The number of carbonyl (C=O) groups is 6. The topological polar surface area (TPSA) is 194 Å². The molecule has 0 spiro atoms. The molecule has 308 valence electrons. The van der Waals surface area contributed by atoms with Crippen LogP contribution < -0.4 is 0 Å². The summed E-state index contributed by atoms with van der Waals surface area (Å²) < 4.78 is 37.3. The lowest BCUT2D eigenvalue weighted by Crippen LogP contribution is -2.47. The summed E-state index contributed by atoms with van der Waals surface area (Å²) in [6.45, 7) is 9.34. The highest BCUT2D eigenvalue weighted by Gasteiger charge is 2.41. The standard InChI is InChI=1S/C35H56N2O14S3/c1-34(2,32(43)44)21-24(30(41)49-17-15-45-5)19-26(28(39)36-7-11-47-12-8-36)53-33(52)54-27(29(40)37-9-13-48-14-10-37)20-25(22-35(3,4)51-23-38)31(42)50-18-16-46-6/h23-27H,7-22H2,1-6H3,(H,43,44). The molecule has 2 amide bonds. The number of rotatable bonds is 23. The van der Waals surface area contributed by atoms with Crippen molar-refractivity contribution < 1.29 is 67.0 Å². The van der Waals surface area contributed by atoms with E-state index in [1.807, 2.05) is 0 Å². The monoisotopic (exact) mass is 824 g/mol. The lowest BCUT2D eigenvalue weighted by atomic mass is 9.81. The zero-order chi connectivity index (χ0) is 40.3. The van der Waals surface area contributed by atoms with Gasteiger partial charge in [0.2, 0.25) is 11.8 Å². The summed E-state index contributed by atoms with van der Waals surface area (Å²) in [5.74, 6) is -4.91. The molecule has 19 heteroatoms. The molecule has 2 aliphatic heterocycles. The quantitative estimate of drug-likeness (QED) is 0.0519. The van der Waals surface area contributed by atoms with Gasteiger partial charge in [0.05, 0.1) is 67.4 Å². The van der Waals surface area contributed by atoms with E-state index < -0.39 is 51.3 Å². The second-order valence-electron chi connectivity index (χ2n) is 14.1. The number of nitrogens with zero attached hydrogens (tertiary/aromatic N) is 2. The summed E-state index contributed by atoms with van der Waals surface area (Å²) in [7, 11) is 2.92. The largest absolute Gasteiger partial charge is 0.481 e. The maximum atomic E-state index is 14.1. The molecule has 2 rings (SSSR count). The molecule has 0 aromatic heterocycles. The van der Waals surface area contributed by atoms with Crippen molar-refractivity contribution in [3.8, 4) is 0 Å². The summed E-state index contributed by atoms with van der Waals surface area (Å²) in [5, 5.41) is 8.03. The molecule has 0 aliphatic carbocycles. The van der Waals surface area contributed by atoms with Crippen molar-refractivity contribution in [3.63, 3.8) is 0 Å². The van der Waals surface area contributed by atoms with Crippen molar-refractivity contribution in [2.75, 3.05) is 93.3 Å². The fourth-order valence-corrected chi connectivity index (χ4v) is 9.08. The van der Waals surface area contributed by atoms with E-state index in [-0.39, 0.29) is 67.5 Å². The van der Waals surface area contributed by atoms with Gasteiger partial charge in [0.1, 0.15) is 22.3 Å². The van der Waals surface area contributed by atoms with Crippen LogP contribution in [-0.4, -0.2) is 164 Å². The highest BCUT2D eigenvalue weighted by atomic mass is 32.2. The van der Waals surface area contributed by atoms with Crippen molar-refractivity contribution >= 4 is 75.5 Å². The molecule has 2 aliphatic rings. The first kappa shape index (κ1) is 47.6. The van der Waals surface area contributed by atoms with E-state index in [1.54, 1.807) is 23.6 Å². The zero-order valence-electron chi connectivity index (χ0n) is 32.1. The summed E-state index contributed by atoms with van der Waals surface area (Å²) in [6.07, 6.45) is -0.222. The molecule has 16 nitrogen and oxygen atoms in total. The van der Waals surface area contributed by atoms with E-state index in [4.69, 9.17) is 45.4 Å². The fraction of sp³-hybridized carbons (Fsp3) is 0.800. The van der Waals surface area contributed by atoms with Crippen molar-refractivity contribution in [3.05, 3.63) is 0 Å². The first-order valence-corrected chi connectivity index (χ1v) is 20.0. The number of carbonyl (C=O) groups excluding carboxylic acids is 5. The zero-order valence-corrected chi connectivity index (χ0v) is 34.5. The predicted molar refractivity (Wildman–Crippen MR) is 204 cm³/mol. The van der Waals surface area contributed by atoms with Gasteiger partial charge < -0.3 is 48.1 Å². The third-order valence-electron chi connectivity index (χ3n) is 8.84. The number of morpholine rings is 2. The summed E-state index contributed by atoms with van der Waals surface area (Å²) in [4.78, 5) is 81.8. The maximum absolute atomic E-state index is 14.1. The molecule has 0 bridgehead atoms. The Bertz CT molecular complexity index is 1260. The normalized spacial score (nSPS) is 17.4. The van der Waals surface area contributed by atoms with Crippen LogP contribution >= 0.6 is 35.7 Å². The van der Waals surface area contributed by atoms with Gasteiger partial charge in [0, 0.05) is 40.4 Å². The lowest BCUT2D eigenvalue weighted by molar-refractivity contribution is -0.156. The molecular weight excluding hydrogens is 769 g/mol. The Morgan fingerprint density at radius 3 is 1.52 bits per heavy atom. The number of thioether (sulfide) groups is 2. The molecule has 0 aromatic rings. The second-order valence-corrected chi connectivity index (χ2v) is 17.7. The number of carboxylic acids is 1. The first-order chi connectivity index (χ1) is 25.5. The fourth-order valence-electron chi connectivity index (χ4n) is 5.84. The van der Waals surface area contributed by atoms with Crippen molar-refractivity contribution in [2.45, 2.75) is 69.5 Å². The molecule has 0 aromatic carbocycles. The molecule has 0 saturated carbocycles. The number of methoxy groups -OCH3 is 2. The number of ether oxygens (including phenoxy) is 7. The SMILES string of the molecule is COCCOC(=O)C(CC(SC(=S)SC(CC(CC(C)(C)C(=O)O)C(=O)OCCOC)C(=O)N1CCOCC1)C(=O)N1CCOCC1)CC(C)(C)OC=O. The predicted octanol–water partition coefficient (Wildman–Crippen LogP) is 2.43. The molecule has 54 heavy (non-hydrogen) atoms. The third-order valence-corrected chi connectivity index (χ3v) is 11.7. The van der Waals surface area contributed by atoms with E-state index in [2.05, 4.69) is 0 Å². The van der Waals surface area contributed by atoms with Crippen molar-refractivity contribution in [2.24, 2.45) is 17.3 Å². The molecular formula is C35H56N2O14S3. The van der Waals surface area contributed by atoms with Crippen LogP contribution in [-0.2, 0) is 61.9 Å². The first-order valence-electron chi connectivity index (χ1n) is 17.8. The Morgan fingerprint density at radius 2 is 1.15 bits per heavy atom. The average molecular weight is 825 g/mol. The Labute approximate surface area is 331 Å². The van der Waals surface area contributed by atoms with Crippen LogP contribution in [0, 0.1) is 17.3 Å². The van der Waals surface area contributed by atoms with Crippen LogP contribution in [0.1, 0.15) is 53.4 Å². The Balaban J connectivity index is 2.48. The van der Waals surface area contributed by atoms with Gasteiger partial charge >= 0.3 is 17.9 Å². The smallest absolute Gasteiger partial charge is 0.309 e. The Morgan fingerprint density at radius 1 is 0.741 bits per heavy atom. The Hall–Kier alpha value is -2.55. The van der Waals surface area contributed by atoms with Gasteiger partial charge in [-0.05, 0) is 53.4 Å². The molecule has 4 unspecified atom stereocenters. The van der Waals surface area contributed by atoms with Gasteiger partial charge in [-0.2, -0.15) is 0 Å². The summed E-state index contributed by atoms with van der Waals surface area (Å²) in [5.41, 5.74) is -2.41. The molecule has 2 heterocycles. The van der Waals surface area contributed by atoms with Gasteiger partial charge in [0.25, 0.3) is 6.47 Å². The van der Waals surface area contributed by atoms with E-state index in [1.165, 1.54) is 28.1 Å². The number of hydrogen-bond donors (Lipinski definition) is 1. The molecule has 2 fully saturated rings. The number of thiocarbonyl (C=S) groups is 1. The van der Waals surface area contributed by atoms with E-state index in [9.17, 15) is 33.9 Å². The average Bonchev–Trinajstić information content (AvgIpc) is 3.13. The highest BCUT2D eigenvalue weighted by Crippen LogP contribution is 2.38. The number of esters is 2. The molecule has 4 atom stereocenters. The Kier molecular flexibility index (Phi) is 21.3. The molecule has 1 N–H and O–H groups in total. The minimum absolute atomic E-state index is 0.0244. The second kappa shape index (κ2) is 24.2. The van der Waals surface area contributed by atoms with Gasteiger partial charge in [0.15, 0.2) is 0 Å². The van der Waals surface area contributed by atoms with Crippen LogP contribution in [0.2, 0.25) is 0 Å². The van der Waals surface area contributed by atoms with Crippen LogP contribution in [0.3, 0.4) is 0 Å². The van der Waals surface area contributed by atoms with Gasteiger partial charge in [-0.1, -0.05) is 35.7 Å².